The van der Waals surface area contributed by atoms with Crippen LogP contribution in [0, 0.1) is 6.92 Å². The molecule has 0 atom stereocenters. The van der Waals surface area contributed by atoms with Gasteiger partial charge in [-0.15, -0.1) is 0 Å². The van der Waals surface area contributed by atoms with Crippen LogP contribution >= 0.6 is 11.8 Å². The molecule has 1 aromatic carbocycles. The number of anilines is 2. The molecule has 1 N–H and O–H groups in total. The maximum Gasteiger partial charge on any atom is 0.416 e. The summed E-state index contributed by atoms with van der Waals surface area (Å²) >= 11 is 1.40. The van der Waals surface area contributed by atoms with Gasteiger partial charge in [-0.05, 0) is 31.2 Å². The number of H-pyrrole nitrogens is 1. The van der Waals surface area contributed by atoms with Gasteiger partial charge in [-0.3, -0.25) is 9.78 Å². The van der Waals surface area contributed by atoms with E-state index >= 15 is 0 Å². The van der Waals surface area contributed by atoms with Gasteiger partial charge in [-0.2, -0.15) is 13.2 Å². The molecule has 32 heavy (non-hydrogen) atoms. The number of aryl methyl sites for hydroxylation is 1. The van der Waals surface area contributed by atoms with Gasteiger partial charge in [0.05, 0.1) is 11.3 Å². The van der Waals surface area contributed by atoms with Crippen molar-refractivity contribution in [1.29, 1.82) is 0 Å². The number of rotatable bonds is 5. The Labute approximate surface area is 186 Å². The van der Waals surface area contributed by atoms with E-state index in [2.05, 4.69) is 19.9 Å². The largest absolute Gasteiger partial charge is 0.416 e. The van der Waals surface area contributed by atoms with E-state index in [4.69, 9.17) is 0 Å². The molecule has 0 radical (unpaired) electrons. The van der Waals surface area contributed by atoms with Crippen molar-refractivity contribution in [3.05, 3.63) is 69.9 Å². The number of halogens is 3. The third-order valence-electron chi connectivity index (χ3n) is 5.02. The molecular formula is C21H21F3N6OS. The van der Waals surface area contributed by atoms with E-state index in [-0.39, 0.29) is 5.56 Å². The zero-order valence-corrected chi connectivity index (χ0v) is 18.1. The highest BCUT2D eigenvalue weighted by Crippen LogP contribution is 2.32. The number of aromatic nitrogens is 4. The second kappa shape index (κ2) is 9.19. The first-order valence-corrected chi connectivity index (χ1v) is 11.0. The molecule has 3 heterocycles. The van der Waals surface area contributed by atoms with Crippen molar-refractivity contribution in [2.75, 3.05) is 36.0 Å². The predicted molar refractivity (Wildman–Crippen MR) is 117 cm³/mol. The van der Waals surface area contributed by atoms with Gasteiger partial charge in [0.1, 0.15) is 0 Å². The monoisotopic (exact) mass is 462 g/mol. The van der Waals surface area contributed by atoms with Gasteiger partial charge >= 0.3 is 6.18 Å². The lowest BCUT2D eigenvalue weighted by Gasteiger charge is -2.36. The average molecular weight is 463 g/mol. The predicted octanol–water partition coefficient (Wildman–Crippen LogP) is 3.51. The summed E-state index contributed by atoms with van der Waals surface area (Å²) in [6.45, 7) is 3.96. The van der Waals surface area contributed by atoms with Gasteiger partial charge in [-0.1, -0.05) is 17.8 Å². The number of alkyl halides is 3. The van der Waals surface area contributed by atoms with Crippen LogP contribution in [0.4, 0.5) is 24.8 Å². The van der Waals surface area contributed by atoms with E-state index in [1.54, 1.807) is 12.3 Å². The minimum atomic E-state index is -4.37. The van der Waals surface area contributed by atoms with Crippen LogP contribution in [-0.2, 0) is 11.9 Å². The Bertz CT molecular complexity index is 1140. The smallest absolute Gasteiger partial charge is 0.368 e. The molecule has 4 rings (SSSR count). The average Bonchev–Trinajstić information content (AvgIpc) is 2.77. The second-order valence-corrected chi connectivity index (χ2v) is 8.29. The van der Waals surface area contributed by atoms with Crippen molar-refractivity contribution in [2.45, 2.75) is 24.0 Å². The second-order valence-electron chi connectivity index (χ2n) is 7.35. The van der Waals surface area contributed by atoms with E-state index in [0.717, 1.165) is 11.8 Å². The number of nitrogens with one attached hydrogen (secondary N) is 1. The standard InChI is InChI=1S/C21H21F3N6OS/c1-14-5-6-25-20(26-14)32-13-16-12-18(31)28-19(27-16)30-9-7-29(8-10-30)17-4-2-3-15(11-17)21(22,23)24/h2-6,11-12H,7-10,13H2,1H3,(H,27,28,31). The summed E-state index contributed by atoms with van der Waals surface area (Å²) < 4.78 is 39.0. The van der Waals surface area contributed by atoms with Gasteiger partial charge in [0, 0.05) is 55.6 Å². The molecule has 1 saturated heterocycles. The highest BCUT2D eigenvalue weighted by Gasteiger charge is 2.31. The number of nitrogens with zero attached hydrogens (tertiary/aromatic N) is 5. The number of piperazine rings is 1. The quantitative estimate of drug-likeness (QED) is 0.459. The van der Waals surface area contributed by atoms with Crippen LogP contribution in [0.5, 0.6) is 0 Å². The molecule has 168 valence electrons. The first-order chi connectivity index (χ1) is 15.3. The molecular weight excluding hydrogens is 441 g/mol. The molecule has 0 spiro atoms. The summed E-state index contributed by atoms with van der Waals surface area (Å²) in [5.41, 5.74) is 1.09. The molecule has 0 bridgehead atoms. The Kier molecular flexibility index (Phi) is 6.35. The van der Waals surface area contributed by atoms with Crippen molar-refractivity contribution in [3.8, 4) is 0 Å². The number of thioether (sulfide) groups is 1. The topological polar surface area (TPSA) is 78.0 Å². The zero-order chi connectivity index (χ0) is 22.7. The summed E-state index contributed by atoms with van der Waals surface area (Å²) in [5, 5.41) is 0.614. The lowest BCUT2D eigenvalue weighted by molar-refractivity contribution is -0.137. The van der Waals surface area contributed by atoms with Crippen LogP contribution in [0.3, 0.4) is 0 Å². The van der Waals surface area contributed by atoms with E-state index in [1.807, 2.05) is 22.8 Å². The SMILES string of the molecule is Cc1ccnc(SCc2cc(=O)[nH]c(N3CCN(c4cccc(C(F)(F)F)c4)CC3)n2)n1. The summed E-state index contributed by atoms with van der Waals surface area (Å²) in [6, 6.07) is 8.59. The van der Waals surface area contributed by atoms with Crippen LogP contribution in [0.15, 0.2) is 52.5 Å². The number of hydrogen-bond acceptors (Lipinski definition) is 7. The molecule has 3 aromatic rings. The molecule has 1 aliphatic heterocycles. The number of benzene rings is 1. The zero-order valence-electron chi connectivity index (χ0n) is 17.3. The first kappa shape index (κ1) is 22.1. The molecule has 2 aromatic heterocycles. The van der Waals surface area contributed by atoms with Crippen LogP contribution in [0.25, 0.3) is 0 Å². The van der Waals surface area contributed by atoms with Crippen molar-refractivity contribution < 1.29 is 13.2 Å². The van der Waals surface area contributed by atoms with E-state index in [0.29, 0.717) is 54.4 Å². The van der Waals surface area contributed by atoms with Crippen LogP contribution in [0.1, 0.15) is 17.0 Å². The summed E-state index contributed by atoms with van der Waals surface area (Å²) in [6.07, 6.45) is -2.69. The number of aromatic amines is 1. The van der Waals surface area contributed by atoms with Crippen molar-refractivity contribution in [2.24, 2.45) is 0 Å². The maximum absolute atomic E-state index is 13.0. The molecule has 1 aliphatic rings. The van der Waals surface area contributed by atoms with Gasteiger partial charge in [0.25, 0.3) is 5.56 Å². The summed E-state index contributed by atoms with van der Waals surface area (Å²) in [7, 11) is 0. The maximum atomic E-state index is 13.0. The van der Waals surface area contributed by atoms with E-state index in [1.165, 1.54) is 30.0 Å². The lowest BCUT2D eigenvalue weighted by atomic mass is 10.1. The van der Waals surface area contributed by atoms with Gasteiger partial charge in [0.2, 0.25) is 5.95 Å². The first-order valence-electron chi connectivity index (χ1n) is 9.98. The highest BCUT2D eigenvalue weighted by molar-refractivity contribution is 7.98. The van der Waals surface area contributed by atoms with Crippen LogP contribution in [-0.4, -0.2) is 46.1 Å². The Balaban J connectivity index is 1.42. The third-order valence-corrected chi connectivity index (χ3v) is 5.92. The van der Waals surface area contributed by atoms with Crippen molar-refractivity contribution >= 4 is 23.4 Å². The molecule has 0 saturated carbocycles. The Morgan fingerprint density at radius 3 is 2.53 bits per heavy atom. The van der Waals surface area contributed by atoms with Crippen LogP contribution < -0.4 is 15.4 Å². The summed E-state index contributed by atoms with van der Waals surface area (Å²) in [4.78, 5) is 31.8. The van der Waals surface area contributed by atoms with E-state index in [9.17, 15) is 18.0 Å². The lowest BCUT2D eigenvalue weighted by Crippen LogP contribution is -2.47. The molecule has 0 aliphatic carbocycles. The summed E-state index contributed by atoms with van der Waals surface area (Å²) in [5.74, 6) is 0.909. The Hall–Kier alpha value is -3.08. The van der Waals surface area contributed by atoms with Gasteiger partial charge < -0.3 is 9.80 Å². The van der Waals surface area contributed by atoms with Crippen LogP contribution in [0.2, 0.25) is 0 Å². The normalized spacial score (nSPS) is 14.6. The Morgan fingerprint density at radius 2 is 1.81 bits per heavy atom. The minimum absolute atomic E-state index is 0.254. The van der Waals surface area contributed by atoms with Gasteiger partial charge in [0.15, 0.2) is 5.16 Å². The van der Waals surface area contributed by atoms with Gasteiger partial charge in [-0.25, -0.2) is 15.0 Å². The highest BCUT2D eigenvalue weighted by atomic mass is 32.2. The fourth-order valence-corrected chi connectivity index (χ4v) is 4.18. The van der Waals surface area contributed by atoms with Crippen molar-refractivity contribution in [3.63, 3.8) is 0 Å². The molecule has 11 heteroatoms. The fourth-order valence-electron chi connectivity index (χ4n) is 3.41. The Morgan fingerprint density at radius 1 is 1.06 bits per heavy atom. The number of hydrogen-bond donors (Lipinski definition) is 1. The molecule has 7 nitrogen and oxygen atoms in total. The fraction of sp³-hybridized carbons (Fsp3) is 0.333. The molecule has 0 amide bonds. The minimum Gasteiger partial charge on any atom is -0.368 e. The van der Waals surface area contributed by atoms with E-state index < -0.39 is 11.7 Å². The molecule has 0 unspecified atom stereocenters. The van der Waals surface area contributed by atoms with Crippen molar-refractivity contribution in [1.82, 2.24) is 19.9 Å². The molecule has 1 fully saturated rings. The third kappa shape index (κ3) is 5.39.